The molecule has 1 heterocycles. The normalized spacial score (nSPS) is 12.4. The van der Waals surface area contributed by atoms with Gasteiger partial charge in [-0.15, -0.1) is 0 Å². The van der Waals surface area contributed by atoms with E-state index in [0.29, 0.717) is 39.9 Å². The highest BCUT2D eigenvalue weighted by Crippen LogP contribution is 2.31. The Balaban J connectivity index is 2.31. The van der Waals surface area contributed by atoms with Gasteiger partial charge in [-0.2, -0.15) is 0 Å². The zero-order valence-electron chi connectivity index (χ0n) is 13.5. The molecule has 23 heavy (non-hydrogen) atoms. The van der Waals surface area contributed by atoms with Gasteiger partial charge in [-0.1, -0.05) is 48.8 Å². The molecule has 0 aliphatic heterocycles. The molecule has 1 unspecified atom stereocenters. The Bertz CT molecular complexity index is 682. The Kier molecular flexibility index (Phi) is 5.80. The lowest BCUT2D eigenvalue weighted by Crippen LogP contribution is -2.38. The fourth-order valence-corrected chi connectivity index (χ4v) is 2.71. The van der Waals surface area contributed by atoms with Crippen molar-refractivity contribution in [2.75, 3.05) is 6.61 Å². The maximum Gasteiger partial charge on any atom is 0.257 e. The van der Waals surface area contributed by atoms with Gasteiger partial charge in [0.25, 0.3) is 5.91 Å². The van der Waals surface area contributed by atoms with Crippen molar-refractivity contribution in [1.29, 1.82) is 0 Å². The van der Waals surface area contributed by atoms with Gasteiger partial charge in [0, 0.05) is 5.56 Å². The van der Waals surface area contributed by atoms with Crippen LogP contribution < -0.4 is 5.32 Å². The van der Waals surface area contributed by atoms with E-state index in [1.165, 1.54) is 0 Å². The van der Waals surface area contributed by atoms with Crippen molar-refractivity contribution < 1.29 is 14.4 Å². The SMILES string of the molecule is Cc1onc(-c2ccccc2Cl)c1C(=O)NC(CO)CC(C)C. The van der Waals surface area contributed by atoms with Gasteiger partial charge in [0.2, 0.25) is 0 Å². The molecule has 0 bridgehead atoms. The van der Waals surface area contributed by atoms with Gasteiger partial charge in [0.15, 0.2) is 0 Å². The molecule has 6 heteroatoms. The van der Waals surface area contributed by atoms with E-state index >= 15 is 0 Å². The van der Waals surface area contributed by atoms with Crippen LogP contribution in [-0.4, -0.2) is 28.8 Å². The maximum atomic E-state index is 12.6. The number of aryl methyl sites for hydroxylation is 1. The fourth-order valence-electron chi connectivity index (χ4n) is 2.48. The molecule has 124 valence electrons. The average Bonchev–Trinajstić information content (AvgIpc) is 2.88. The first-order valence-corrected chi connectivity index (χ1v) is 7.94. The summed E-state index contributed by atoms with van der Waals surface area (Å²) in [6, 6.07) is 6.84. The summed E-state index contributed by atoms with van der Waals surface area (Å²) in [6.45, 7) is 5.64. The molecule has 5 nitrogen and oxygen atoms in total. The van der Waals surface area contributed by atoms with E-state index in [2.05, 4.69) is 10.5 Å². The number of hydrogen-bond donors (Lipinski definition) is 2. The molecule has 1 amide bonds. The summed E-state index contributed by atoms with van der Waals surface area (Å²) in [7, 11) is 0. The van der Waals surface area contributed by atoms with E-state index in [0.717, 1.165) is 0 Å². The largest absolute Gasteiger partial charge is 0.394 e. The van der Waals surface area contributed by atoms with Crippen LogP contribution in [0.5, 0.6) is 0 Å². The van der Waals surface area contributed by atoms with E-state index in [9.17, 15) is 9.90 Å². The molecule has 2 rings (SSSR count). The van der Waals surface area contributed by atoms with Crippen LogP contribution in [0.15, 0.2) is 28.8 Å². The van der Waals surface area contributed by atoms with Gasteiger partial charge < -0.3 is 14.9 Å². The van der Waals surface area contributed by atoms with Crippen molar-refractivity contribution in [2.45, 2.75) is 33.2 Å². The molecule has 0 radical (unpaired) electrons. The number of amides is 1. The molecule has 0 spiro atoms. The quantitative estimate of drug-likeness (QED) is 0.847. The summed E-state index contributed by atoms with van der Waals surface area (Å²) in [5, 5.41) is 16.8. The summed E-state index contributed by atoms with van der Waals surface area (Å²) in [4.78, 5) is 12.6. The molecule has 0 saturated carbocycles. The highest BCUT2D eigenvalue weighted by molar-refractivity contribution is 6.33. The highest BCUT2D eigenvalue weighted by Gasteiger charge is 2.24. The monoisotopic (exact) mass is 336 g/mol. The van der Waals surface area contributed by atoms with E-state index in [1.54, 1.807) is 19.1 Å². The van der Waals surface area contributed by atoms with Gasteiger partial charge in [-0.05, 0) is 25.3 Å². The summed E-state index contributed by atoms with van der Waals surface area (Å²) in [5.41, 5.74) is 1.40. The van der Waals surface area contributed by atoms with Crippen LogP contribution >= 0.6 is 11.6 Å². The summed E-state index contributed by atoms with van der Waals surface area (Å²) < 4.78 is 5.19. The first-order chi connectivity index (χ1) is 10.9. The summed E-state index contributed by atoms with van der Waals surface area (Å²) >= 11 is 6.19. The number of aromatic nitrogens is 1. The number of rotatable bonds is 6. The van der Waals surface area contributed by atoms with Crippen LogP contribution in [0.1, 0.15) is 36.4 Å². The molecular formula is C17H21ClN2O3. The molecule has 1 aromatic carbocycles. The Morgan fingerprint density at radius 3 is 2.70 bits per heavy atom. The van der Waals surface area contributed by atoms with Gasteiger partial charge in [-0.25, -0.2) is 0 Å². The van der Waals surface area contributed by atoms with Crippen LogP contribution in [0.2, 0.25) is 5.02 Å². The number of nitrogens with zero attached hydrogens (tertiary/aromatic N) is 1. The van der Waals surface area contributed by atoms with Crippen LogP contribution in [0.25, 0.3) is 11.3 Å². The number of halogens is 1. The van der Waals surface area contributed by atoms with Crippen molar-refractivity contribution in [3.05, 3.63) is 40.6 Å². The Labute approximate surface area is 140 Å². The number of aliphatic hydroxyl groups excluding tert-OH is 1. The zero-order valence-corrected chi connectivity index (χ0v) is 14.2. The number of carbonyl (C=O) groups is 1. The second-order valence-corrected chi connectivity index (χ2v) is 6.33. The lowest BCUT2D eigenvalue weighted by atomic mass is 10.0. The zero-order chi connectivity index (χ0) is 17.0. The van der Waals surface area contributed by atoms with Gasteiger partial charge in [-0.3, -0.25) is 4.79 Å². The van der Waals surface area contributed by atoms with Gasteiger partial charge >= 0.3 is 0 Å². The molecule has 1 aromatic heterocycles. The van der Waals surface area contributed by atoms with Crippen molar-refractivity contribution in [3.8, 4) is 11.3 Å². The fraction of sp³-hybridized carbons (Fsp3) is 0.412. The van der Waals surface area contributed by atoms with Gasteiger partial charge in [0.05, 0.1) is 17.7 Å². The smallest absolute Gasteiger partial charge is 0.257 e. The average molecular weight is 337 g/mol. The topological polar surface area (TPSA) is 75.4 Å². The summed E-state index contributed by atoms with van der Waals surface area (Å²) in [6.07, 6.45) is 0.688. The minimum atomic E-state index is -0.321. The predicted molar refractivity (Wildman–Crippen MR) is 89.5 cm³/mol. The Morgan fingerprint density at radius 1 is 1.39 bits per heavy atom. The first kappa shape index (κ1) is 17.5. The van der Waals surface area contributed by atoms with E-state index in [4.69, 9.17) is 16.1 Å². The molecule has 1 atom stereocenters. The van der Waals surface area contributed by atoms with Crippen LogP contribution in [0, 0.1) is 12.8 Å². The van der Waals surface area contributed by atoms with Crippen molar-refractivity contribution in [2.24, 2.45) is 5.92 Å². The number of nitrogens with one attached hydrogen (secondary N) is 1. The van der Waals surface area contributed by atoms with Crippen molar-refractivity contribution in [1.82, 2.24) is 10.5 Å². The third kappa shape index (κ3) is 4.12. The number of hydrogen-bond acceptors (Lipinski definition) is 4. The minimum absolute atomic E-state index is 0.115. The van der Waals surface area contributed by atoms with Crippen LogP contribution in [0.4, 0.5) is 0 Å². The first-order valence-electron chi connectivity index (χ1n) is 7.57. The standard InChI is InChI=1S/C17H21ClN2O3/c1-10(2)8-12(9-21)19-17(22)15-11(3)23-20-16(15)13-6-4-5-7-14(13)18/h4-7,10,12,21H,8-9H2,1-3H3,(H,19,22). The molecule has 0 aliphatic carbocycles. The van der Waals surface area contributed by atoms with E-state index in [1.807, 2.05) is 26.0 Å². The molecule has 2 N–H and O–H groups in total. The number of benzene rings is 1. The minimum Gasteiger partial charge on any atom is -0.394 e. The van der Waals surface area contributed by atoms with Crippen molar-refractivity contribution >= 4 is 17.5 Å². The molecule has 2 aromatic rings. The van der Waals surface area contributed by atoms with E-state index in [-0.39, 0.29) is 18.6 Å². The van der Waals surface area contributed by atoms with Crippen molar-refractivity contribution in [3.63, 3.8) is 0 Å². The summed E-state index contributed by atoms with van der Waals surface area (Å²) in [5.74, 6) is 0.455. The van der Waals surface area contributed by atoms with E-state index < -0.39 is 0 Å². The number of carbonyl (C=O) groups excluding carboxylic acids is 1. The van der Waals surface area contributed by atoms with Crippen LogP contribution in [0.3, 0.4) is 0 Å². The Morgan fingerprint density at radius 2 is 2.09 bits per heavy atom. The third-order valence-electron chi connectivity index (χ3n) is 3.53. The third-order valence-corrected chi connectivity index (χ3v) is 3.86. The lowest BCUT2D eigenvalue weighted by Gasteiger charge is -2.18. The van der Waals surface area contributed by atoms with Crippen LogP contribution in [-0.2, 0) is 0 Å². The second-order valence-electron chi connectivity index (χ2n) is 5.92. The lowest BCUT2D eigenvalue weighted by molar-refractivity contribution is 0.0907. The Hall–Kier alpha value is -1.85. The highest BCUT2D eigenvalue weighted by atomic mass is 35.5. The number of aliphatic hydroxyl groups is 1. The maximum absolute atomic E-state index is 12.6. The molecule has 0 fully saturated rings. The molecular weight excluding hydrogens is 316 g/mol. The second kappa shape index (κ2) is 7.62. The van der Waals surface area contributed by atoms with Gasteiger partial charge in [0.1, 0.15) is 17.0 Å². The molecule has 0 aliphatic rings. The molecule has 0 saturated heterocycles. The predicted octanol–water partition coefficient (Wildman–Crippen LogP) is 3.44.